The van der Waals surface area contributed by atoms with Gasteiger partial charge in [0, 0.05) is 0 Å². The standard InChI is InChI=1S/C7H8F6O/c8-6(9,10)5(7(11,12)13)4(14)3-1-2-3/h3-5,14H,1-2H2. The fraction of sp³-hybridized carbons (Fsp3) is 1.00. The van der Waals surface area contributed by atoms with Crippen LogP contribution in [0.2, 0.25) is 0 Å². The van der Waals surface area contributed by atoms with Crippen LogP contribution >= 0.6 is 0 Å². The minimum atomic E-state index is -5.43. The van der Waals surface area contributed by atoms with Gasteiger partial charge in [-0.1, -0.05) is 0 Å². The first kappa shape index (κ1) is 11.6. The molecule has 1 unspecified atom stereocenters. The van der Waals surface area contributed by atoms with E-state index in [0.717, 1.165) is 0 Å². The quantitative estimate of drug-likeness (QED) is 0.711. The molecule has 14 heavy (non-hydrogen) atoms. The van der Waals surface area contributed by atoms with E-state index in [9.17, 15) is 26.3 Å². The van der Waals surface area contributed by atoms with Gasteiger partial charge in [-0.15, -0.1) is 0 Å². The Labute approximate surface area is 75.7 Å². The van der Waals surface area contributed by atoms with Crippen molar-refractivity contribution in [3.05, 3.63) is 0 Å². The molecule has 1 saturated carbocycles. The molecule has 0 aromatic carbocycles. The number of alkyl halides is 6. The van der Waals surface area contributed by atoms with Gasteiger partial charge < -0.3 is 5.11 Å². The SMILES string of the molecule is OC(C1CC1)C(C(F)(F)F)C(F)(F)F. The van der Waals surface area contributed by atoms with Crippen LogP contribution in [0.3, 0.4) is 0 Å². The largest absolute Gasteiger partial charge is 0.403 e. The smallest absolute Gasteiger partial charge is 0.392 e. The van der Waals surface area contributed by atoms with E-state index in [1.54, 1.807) is 0 Å². The van der Waals surface area contributed by atoms with Crippen LogP contribution in [0.1, 0.15) is 12.8 Å². The fourth-order valence-electron chi connectivity index (χ4n) is 1.28. The highest BCUT2D eigenvalue weighted by Crippen LogP contribution is 2.47. The van der Waals surface area contributed by atoms with Crippen molar-refractivity contribution in [2.75, 3.05) is 0 Å². The zero-order chi connectivity index (χ0) is 11.1. The van der Waals surface area contributed by atoms with E-state index in [2.05, 4.69) is 0 Å². The van der Waals surface area contributed by atoms with Crippen molar-refractivity contribution in [1.82, 2.24) is 0 Å². The van der Waals surface area contributed by atoms with Crippen LogP contribution in [0.25, 0.3) is 0 Å². The number of hydrogen-bond acceptors (Lipinski definition) is 1. The van der Waals surface area contributed by atoms with Gasteiger partial charge in [0.15, 0.2) is 5.92 Å². The summed E-state index contributed by atoms with van der Waals surface area (Å²) in [4.78, 5) is 0. The molecule has 1 rings (SSSR count). The summed E-state index contributed by atoms with van der Waals surface area (Å²) < 4.78 is 71.8. The zero-order valence-corrected chi connectivity index (χ0v) is 6.86. The molecule has 0 aliphatic heterocycles. The second-order valence-corrected chi connectivity index (χ2v) is 3.39. The molecule has 84 valence electrons. The summed E-state index contributed by atoms with van der Waals surface area (Å²) >= 11 is 0. The maximum Gasteiger partial charge on any atom is 0.403 e. The van der Waals surface area contributed by atoms with E-state index < -0.39 is 30.3 Å². The molecule has 0 bridgehead atoms. The molecule has 0 saturated heterocycles. The van der Waals surface area contributed by atoms with E-state index in [1.165, 1.54) is 0 Å². The summed E-state index contributed by atoms with van der Waals surface area (Å²) in [5, 5.41) is 8.88. The lowest BCUT2D eigenvalue weighted by atomic mass is 9.97. The first-order chi connectivity index (χ1) is 6.14. The summed E-state index contributed by atoms with van der Waals surface area (Å²) in [5.41, 5.74) is 0. The van der Waals surface area contributed by atoms with Crippen molar-refractivity contribution >= 4 is 0 Å². The molecular formula is C7H8F6O. The van der Waals surface area contributed by atoms with Gasteiger partial charge >= 0.3 is 12.4 Å². The van der Waals surface area contributed by atoms with Crippen LogP contribution < -0.4 is 0 Å². The van der Waals surface area contributed by atoms with Crippen molar-refractivity contribution in [2.24, 2.45) is 11.8 Å². The first-order valence-electron chi connectivity index (χ1n) is 3.95. The lowest BCUT2D eigenvalue weighted by Crippen LogP contribution is -2.45. The minimum absolute atomic E-state index is 0.226. The van der Waals surface area contributed by atoms with E-state index in [0.29, 0.717) is 0 Å². The van der Waals surface area contributed by atoms with E-state index in [-0.39, 0.29) is 12.8 Å². The van der Waals surface area contributed by atoms with E-state index in [1.807, 2.05) is 0 Å². The molecule has 0 spiro atoms. The average molecular weight is 222 g/mol. The van der Waals surface area contributed by atoms with Crippen LogP contribution in [-0.2, 0) is 0 Å². The molecule has 1 fully saturated rings. The zero-order valence-electron chi connectivity index (χ0n) is 6.86. The Hall–Kier alpha value is -0.460. The summed E-state index contributed by atoms with van der Waals surface area (Å²) in [5.74, 6) is -4.47. The van der Waals surface area contributed by atoms with Gasteiger partial charge in [-0.05, 0) is 18.8 Å². The van der Waals surface area contributed by atoms with Crippen LogP contribution in [0, 0.1) is 11.8 Å². The van der Waals surface area contributed by atoms with Gasteiger partial charge in [-0.3, -0.25) is 0 Å². The predicted molar refractivity (Wildman–Crippen MR) is 34.3 cm³/mol. The summed E-state index contributed by atoms with van der Waals surface area (Å²) in [6.45, 7) is 0. The molecule has 7 heteroatoms. The molecule has 1 aliphatic carbocycles. The normalized spacial score (nSPS) is 21.4. The predicted octanol–water partition coefficient (Wildman–Crippen LogP) is 2.50. The van der Waals surface area contributed by atoms with Crippen molar-refractivity contribution in [2.45, 2.75) is 31.3 Å². The third kappa shape index (κ3) is 2.52. The van der Waals surface area contributed by atoms with E-state index >= 15 is 0 Å². The van der Waals surface area contributed by atoms with Gasteiger partial charge in [0.05, 0.1) is 6.10 Å². The molecule has 0 amide bonds. The maximum atomic E-state index is 12.0. The molecule has 0 aromatic heterocycles. The third-order valence-electron chi connectivity index (χ3n) is 2.15. The second-order valence-electron chi connectivity index (χ2n) is 3.39. The van der Waals surface area contributed by atoms with Gasteiger partial charge in [0.2, 0.25) is 0 Å². The number of halogens is 6. The Bertz CT molecular complexity index is 189. The molecule has 1 nitrogen and oxygen atoms in total. The topological polar surface area (TPSA) is 20.2 Å². The second kappa shape index (κ2) is 3.29. The fourth-order valence-corrected chi connectivity index (χ4v) is 1.28. The summed E-state index contributed by atoms with van der Waals surface area (Å²) in [7, 11) is 0. The molecule has 1 aliphatic rings. The maximum absolute atomic E-state index is 12.0. The number of rotatable bonds is 2. The van der Waals surface area contributed by atoms with Crippen molar-refractivity contribution in [3.63, 3.8) is 0 Å². The van der Waals surface area contributed by atoms with Crippen molar-refractivity contribution < 1.29 is 31.4 Å². The highest BCUT2D eigenvalue weighted by molar-refractivity contribution is 4.91. The highest BCUT2D eigenvalue weighted by atomic mass is 19.4. The Balaban J connectivity index is 2.81. The Kier molecular flexibility index (Phi) is 2.73. The minimum Gasteiger partial charge on any atom is -0.392 e. The average Bonchev–Trinajstić information content (AvgIpc) is 2.57. The van der Waals surface area contributed by atoms with E-state index in [4.69, 9.17) is 5.11 Å². The number of aliphatic hydroxyl groups excluding tert-OH is 1. The lowest BCUT2D eigenvalue weighted by Gasteiger charge is -2.27. The van der Waals surface area contributed by atoms with Gasteiger partial charge in [-0.2, -0.15) is 26.3 Å². The van der Waals surface area contributed by atoms with Crippen LogP contribution in [0.4, 0.5) is 26.3 Å². The first-order valence-corrected chi connectivity index (χ1v) is 3.95. The van der Waals surface area contributed by atoms with Crippen molar-refractivity contribution in [3.8, 4) is 0 Å². The van der Waals surface area contributed by atoms with Crippen LogP contribution in [0.5, 0.6) is 0 Å². The number of hydrogen-bond donors (Lipinski definition) is 1. The molecule has 1 N–H and O–H groups in total. The molecule has 0 radical (unpaired) electrons. The Morgan fingerprint density at radius 2 is 1.29 bits per heavy atom. The van der Waals surface area contributed by atoms with Crippen molar-refractivity contribution in [1.29, 1.82) is 0 Å². The summed E-state index contributed by atoms with van der Waals surface area (Å²) in [6.07, 6.45) is -12.8. The van der Waals surface area contributed by atoms with Gasteiger partial charge in [0.1, 0.15) is 0 Å². The summed E-state index contributed by atoms with van der Waals surface area (Å²) in [6, 6.07) is 0. The van der Waals surface area contributed by atoms with Gasteiger partial charge in [-0.25, -0.2) is 0 Å². The molecule has 1 atom stereocenters. The van der Waals surface area contributed by atoms with Crippen LogP contribution in [-0.4, -0.2) is 23.6 Å². The highest BCUT2D eigenvalue weighted by Gasteiger charge is 2.62. The molecule has 0 aromatic rings. The van der Waals surface area contributed by atoms with Gasteiger partial charge in [0.25, 0.3) is 0 Å². The lowest BCUT2D eigenvalue weighted by molar-refractivity contribution is -0.308. The Morgan fingerprint density at radius 1 is 0.929 bits per heavy atom. The number of aliphatic hydroxyl groups is 1. The monoisotopic (exact) mass is 222 g/mol. The molecule has 0 heterocycles. The Morgan fingerprint density at radius 3 is 1.50 bits per heavy atom. The molecular weight excluding hydrogens is 214 g/mol. The van der Waals surface area contributed by atoms with Crippen LogP contribution in [0.15, 0.2) is 0 Å². The third-order valence-corrected chi connectivity index (χ3v) is 2.15.